The van der Waals surface area contributed by atoms with Crippen LogP contribution in [0.4, 0.5) is 0 Å². The van der Waals surface area contributed by atoms with Crippen molar-refractivity contribution < 1.29 is 0 Å². The molecule has 0 unspecified atom stereocenters. The lowest BCUT2D eigenvalue weighted by Gasteiger charge is -2.18. The van der Waals surface area contributed by atoms with E-state index in [2.05, 4.69) is 201 Å². The maximum absolute atomic E-state index is 4.55. The van der Waals surface area contributed by atoms with Crippen molar-refractivity contribution in [1.29, 1.82) is 0 Å². The first kappa shape index (κ1) is 33.7. The summed E-state index contributed by atoms with van der Waals surface area (Å²) in [7, 11) is 0. The summed E-state index contributed by atoms with van der Waals surface area (Å²) in [6.45, 7) is 4.55. The number of fused-ring (bicyclic) bond motifs is 9. The smallest absolute Gasteiger partial charge is 0.0433 e. The molecule has 1 aliphatic rings. The highest BCUT2D eigenvalue weighted by Crippen LogP contribution is 2.44. The molecule has 11 rings (SSSR count). The number of hydrogen-bond acceptors (Lipinski definition) is 2. The van der Waals surface area contributed by atoms with Gasteiger partial charge in [-0.2, -0.15) is 0 Å². The Morgan fingerprint density at radius 1 is 0.368 bits per heavy atom. The molecule has 268 valence electrons. The fourth-order valence-corrected chi connectivity index (χ4v) is 11.1. The predicted molar refractivity (Wildman–Crippen MR) is 250 cm³/mol. The summed E-state index contributed by atoms with van der Waals surface area (Å²) in [5.74, 6) is 0. The summed E-state index contributed by atoms with van der Waals surface area (Å²) >= 11 is 3.77. The lowest BCUT2D eigenvalue weighted by Crippen LogP contribution is -1.96. The molecule has 57 heavy (non-hydrogen) atoms. The third-order valence-corrected chi connectivity index (χ3v) is 13.9. The third kappa shape index (κ3) is 5.88. The normalized spacial score (nSPS) is 13.9. The minimum atomic E-state index is 0.846. The van der Waals surface area contributed by atoms with E-state index in [4.69, 9.17) is 0 Å². The van der Waals surface area contributed by atoms with Crippen LogP contribution in [0.1, 0.15) is 11.1 Å². The molecule has 0 radical (unpaired) electrons. The lowest BCUT2D eigenvalue weighted by atomic mass is 9.86. The highest BCUT2D eigenvalue weighted by Gasteiger charge is 2.17. The van der Waals surface area contributed by atoms with E-state index >= 15 is 0 Å². The maximum atomic E-state index is 4.55. The minimum Gasteiger partial charge on any atom is -0.135 e. The van der Waals surface area contributed by atoms with Gasteiger partial charge in [-0.05, 0) is 115 Å². The Balaban J connectivity index is 1.03. The maximum Gasteiger partial charge on any atom is 0.0433 e. The minimum absolute atomic E-state index is 0.846. The van der Waals surface area contributed by atoms with Gasteiger partial charge in [0.1, 0.15) is 0 Å². The average molecular weight is 761 g/mol. The van der Waals surface area contributed by atoms with E-state index in [1.807, 2.05) is 22.7 Å². The molecule has 2 heterocycles. The van der Waals surface area contributed by atoms with Crippen LogP contribution in [0.3, 0.4) is 0 Å². The van der Waals surface area contributed by atoms with Gasteiger partial charge in [0.25, 0.3) is 0 Å². The first-order chi connectivity index (χ1) is 28.2. The predicted octanol–water partition coefficient (Wildman–Crippen LogP) is 16.4. The number of rotatable bonds is 4. The summed E-state index contributed by atoms with van der Waals surface area (Å²) in [6, 6.07) is 63.0. The van der Waals surface area contributed by atoms with Crippen LogP contribution in [-0.4, -0.2) is 0 Å². The fourth-order valence-electron chi connectivity index (χ4n) is 8.63. The van der Waals surface area contributed by atoms with Crippen LogP contribution >= 0.6 is 22.7 Å². The molecular weight excluding hydrogens is 725 g/mol. The molecule has 0 amide bonds. The van der Waals surface area contributed by atoms with E-state index in [0.29, 0.717) is 0 Å². The molecule has 2 aromatic heterocycles. The Kier molecular flexibility index (Phi) is 8.20. The molecule has 0 bridgehead atoms. The molecule has 8 aromatic carbocycles. The molecule has 0 spiro atoms. The second kappa shape index (κ2) is 13.9. The van der Waals surface area contributed by atoms with Gasteiger partial charge >= 0.3 is 0 Å². The molecule has 0 aliphatic heterocycles. The van der Waals surface area contributed by atoms with Gasteiger partial charge in [0.2, 0.25) is 0 Å². The van der Waals surface area contributed by atoms with Crippen molar-refractivity contribution >= 4 is 68.6 Å². The van der Waals surface area contributed by atoms with Gasteiger partial charge in [0.05, 0.1) is 0 Å². The summed E-state index contributed by atoms with van der Waals surface area (Å²) in [4.78, 5) is 0. The van der Waals surface area contributed by atoms with Crippen LogP contribution in [0.5, 0.6) is 0 Å². The standard InChI is InChI=1S/C55H36S2/c1-35-13-3-2-4-14-36-27-28-39(37-15-9-17-41(31-37)44-21-11-23-48-46-19-5-7-25-52(46)56-54(44)48)33-50(36)51-34-40(29-30-43(35)51)38-16-10-18-42(32-38)45-22-12-24-49-47-20-6-8-26-53(47)57-55(45)49/h2-13,15-34H,1,14H2/b4-2-,13-3-. The molecule has 0 N–H and O–H groups in total. The zero-order valence-electron chi connectivity index (χ0n) is 31.2. The highest BCUT2D eigenvalue weighted by molar-refractivity contribution is 7.26. The lowest BCUT2D eigenvalue weighted by molar-refractivity contribution is 1.27. The molecule has 2 heteroatoms. The van der Waals surface area contributed by atoms with E-state index in [9.17, 15) is 0 Å². The van der Waals surface area contributed by atoms with Crippen molar-refractivity contribution in [1.82, 2.24) is 0 Å². The quantitative estimate of drug-likeness (QED) is 0.168. The van der Waals surface area contributed by atoms with Gasteiger partial charge in [-0.3, -0.25) is 0 Å². The molecule has 1 aliphatic carbocycles. The summed E-state index contributed by atoms with van der Waals surface area (Å²) < 4.78 is 5.33. The van der Waals surface area contributed by atoms with Crippen molar-refractivity contribution in [2.75, 3.05) is 0 Å². The van der Waals surface area contributed by atoms with Crippen LogP contribution in [0, 0.1) is 0 Å². The van der Waals surface area contributed by atoms with Crippen molar-refractivity contribution in [3.63, 3.8) is 0 Å². The van der Waals surface area contributed by atoms with Crippen LogP contribution < -0.4 is 0 Å². The van der Waals surface area contributed by atoms with Gasteiger partial charge in [-0.25, -0.2) is 0 Å². The molecule has 10 aromatic rings. The molecule has 0 saturated carbocycles. The van der Waals surface area contributed by atoms with Crippen LogP contribution in [0.25, 0.3) is 102 Å². The average Bonchev–Trinajstić information content (AvgIpc) is 3.85. The van der Waals surface area contributed by atoms with Crippen molar-refractivity contribution in [3.8, 4) is 55.6 Å². The van der Waals surface area contributed by atoms with Crippen molar-refractivity contribution in [2.45, 2.75) is 6.42 Å². The van der Waals surface area contributed by atoms with Crippen LogP contribution in [0.2, 0.25) is 0 Å². The van der Waals surface area contributed by atoms with E-state index in [0.717, 1.165) is 17.6 Å². The zero-order chi connectivity index (χ0) is 37.9. The Labute approximate surface area is 340 Å². The fraction of sp³-hybridized carbons (Fsp3) is 0.0182. The van der Waals surface area contributed by atoms with Crippen molar-refractivity contribution in [3.05, 3.63) is 212 Å². The van der Waals surface area contributed by atoms with Gasteiger partial charge < -0.3 is 0 Å². The largest absolute Gasteiger partial charge is 0.135 e. The number of benzene rings is 8. The first-order valence-corrected chi connectivity index (χ1v) is 21.1. The molecule has 0 atom stereocenters. The highest BCUT2D eigenvalue weighted by atomic mass is 32.1. The molecule has 0 saturated heterocycles. The van der Waals surface area contributed by atoms with E-state index in [1.54, 1.807) is 0 Å². The van der Waals surface area contributed by atoms with Gasteiger partial charge in [0.15, 0.2) is 0 Å². The number of allylic oxidation sites excluding steroid dienone is 5. The molecule has 0 nitrogen and oxygen atoms in total. The SMILES string of the molecule is C=C1/C=C\C=C/Cc2ccc(-c3cccc(-c4cccc5c4sc4ccccc45)c3)cc2-c2cc(-c3cccc(-c4cccc5c4sc4ccccc45)c3)ccc21. The van der Waals surface area contributed by atoms with Gasteiger partial charge in [-0.1, -0.05) is 164 Å². The number of hydrogen-bond donors (Lipinski definition) is 0. The van der Waals surface area contributed by atoms with E-state index < -0.39 is 0 Å². The monoisotopic (exact) mass is 760 g/mol. The number of thiophene rings is 2. The summed E-state index contributed by atoms with van der Waals surface area (Å²) in [6.07, 6.45) is 9.48. The molecule has 0 fully saturated rings. The Hall–Kier alpha value is -6.58. The van der Waals surface area contributed by atoms with Crippen molar-refractivity contribution in [2.24, 2.45) is 0 Å². The van der Waals surface area contributed by atoms with E-state index in [1.165, 1.54) is 102 Å². The van der Waals surface area contributed by atoms with E-state index in [-0.39, 0.29) is 0 Å². The topological polar surface area (TPSA) is 0 Å². The third-order valence-electron chi connectivity index (χ3n) is 11.5. The Morgan fingerprint density at radius 2 is 0.877 bits per heavy atom. The summed E-state index contributed by atoms with van der Waals surface area (Å²) in [5.41, 5.74) is 15.7. The molecular formula is C55H36S2. The Bertz CT molecular complexity index is 3290. The van der Waals surface area contributed by atoms with Crippen LogP contribution in [-0.2, 0) is 6.42 Å². The van der Waals surface area contributed by atoms with Gasteiger partial charge in [0, 0.05) is 40.3 Å². The second-order valence-corrected chi connectivity index (χ2v) is 17.0. The second-order valence-electron chi connectivity index (χ2n) is 14.9. The Morgan fingerprint density at radius 3 is 1.51 bits per heavy atom. The van der Waals surface area contributed by atoms with Gasteiger partial charge in [-0.15, -0.1) is 22.7 Å². The first-order valence-electron chi connectivity index (χ1n) is 19.5. The summed E-state index contributed by atoms with van der Waals surface area (Å²) in [5, 5.41) is 5.30. The van der Waals surface area contributed by atoms with Crippen LogP contribution in [0.15, 0.2) is 201 Å². The zero-order valence-corrected chi connectivity index (χ0v) is 32.8.